The van der Waals surface area contributed by atoms with Crippen LogP contribution in [0.3, 0.4) is 0 Å². The van der Waals surface area contributed by atoms with Gasteiger partial charge in [0.15, 0.2) is 5.13 Å². The Bertz CT molecular complexity index is 1120. The van der Waals surface area contributed by atoms with Gasteiger partial charge in [0.2, 0.25) is 10.0 Å². The average molecular weight is 457 g/mol. The van der Waals surface area contributed by atoms with Gasteiger partial charge in [0.25, 0.3) is 5.91 Å². The number of carbonyl (C=O) groups excluding carboxylic acids is 1. The minimum absolute atomic E-state index is 0.0912. The molecule has 3 aromatic rings. The van der Waals surface area contributed by atoms with Gasteiger partial charge in [-0.2, -0.15) is 0 Å². The topological polar surface area (TPSA) is 82.6 Å². The molecule has 1 aliphatic heterocycles. The van der Waals surface area contributed by atoms with E-state index in [9.17, 15) is 13.2 Å². The van der Waals surface area contributed by atoms with Gasteiger partial charge in [-0.1, -0.05) is 36.4 Å². The maximum absolute atomic E-state index is 13.1. The van der Waals surface area contributed by atoms with Crippen LogP contribution in [0.1, 0.15) is 22.3 Å². The molecule has 1 fully saturated rings. The first-order chi connectivity index (χ1) is 15.0. The lowest BCUT2D eigenvalue weighted by atomic mass is 10.2. The van der Waals surface area contributed by atoms with Gasteiger partial charge in [-0.3, -0.25) is 4.79 Å². The Kier molecular flexibility index (Phi) is 6.64. The van der Waals surface area contributed by atoms with Crippen LogP contribution in [0.15, 0.2) is 71.1 Å². The normalized spacial score (nSPS) is 15.0. The molecule has 0 radical (unpaired) electrons. The number of hydrogen-bond donors (Lipinski definition) is 1. The van der Waals surface area contributed by atoms with Crippen LogP contribution < -0.4 is 9.62 Å². The Balaban J connectivity index is 1.44. The van der Waals surface area contributed by atoms with Crippen molar-refractivity contribution >= 4 is 32.4 Å². The lowest BCUT2D eigenvalue weighted by Gasteiger charge is -2.22. The molecule has 7 nitrogen and oxygen atoms in total. The Morgan fingerprint density at radius 1 is 1.03 bits per heavy atom. The van der Waals surface area contributed by atoms with Gasteiger partial charge in [0.05, 0.1) is 4.90 Å². The summed E-state index contributed by atoms with van der Waals surface area (Å²) in [5, 5.41) is 2.91. The van der Waals surface area contributed by atoms with Gasteiger partial charge in [-0.15, -0.1) is 11.3 Å². The van der Waals surface area contributed by atoms with E-state index < -0.39 is 10.0 Å². The van der Waals surface area contributed by atoms with Crippen LogP contribution in [0.5, 0.6) is 0 Å². The highest BCUT2D eigenvalue weighted by Crippen LogP contribution is 2.20. The minimum Gasteiger partial charge on any atom is -0.346 e. The van der Waals surface area contributed by atoms with Crippen molar-refractivity contribution in [3.05, 3.63) is 77.3 Å². The van der Waals surface area contributed by atoms with E-state index in [0.717, 1.165) is 23.7 Å². The molecule has 4 rings (SSSR count). The number of aromatic nitrogens is 1. The highest BCUT2D eigenvalue weighted by molar-refractivity contribution is 7.89. The number of carbonyl (C=O) groups is 1. The smallest absolute Gasteiger partial charge is 0.253 e. The van der Waals surface area contributed by atoms with Gasteiger partial charge >= 0.3 is 0 Å². The molecule has 1 aromatic heterocycles. The van der Waals surface area contributed by atoms with Crippen LogP contribution in [0, 0.1) is 0 Å². The molecule has 0 unspecified atom stereocenters. The zero-order valence-electron chi connectivity index (χ0n) is 17.0. The average Bonchev–Trinajstić information content (AvgIpc) is 3.23. The van der Waals surface area contributed by atoms with E-state index in [4.69, 9.17) is 0 Å². The Morgan fingerprint density at radius 3 is 2.65 bits per heavy atom. The van der Waals surface area contributed by atoms with E-state index in [2.05, 4.69) is 14.6 Å². The quantitative estimate of drug-likeness (QED) is 0.617. The Hall–Kier alpha value is -2.75. The number of anilines is 1. The van der Waals surface area contributed by atoms with Crippen molar-refractivity contribution in [2.75, 3.05) is 31.1 Å². The van der Waals surface area contributed by atoms with Crippen LogP contribution in [0.2, 0.25) is 0 Å². The second-order valence-corrected chi connectivity index (χ2v) is 9.93. The molecule has 1 amide bonds. The molecule has 1 N–H and O–H groups in total. The first-order valence-corrected chi connectivity index (χ1v) is 12.5. The zero-order valence-corrected chi connectivity index (χ0v) is 18.6. The molecule has 1 aliphatic rings. The second-order valence-electron chi connectivity index (χ2n) is 7.29. The van der Waals surface area contributed by atoms with Gasteiger partial charge in [0.1, 0.15) is 0 Å². The fourth-order valence-corrected chi connectivity index (χ4v) is 5.28. The molecule has 0 bridgehead atoms. The number of benzene rings is 2. The molecule has 2 heterocycles. The van der Waals surface area contributed by atoms with Crippen LogP contribution in [-0.2, 0) is 16.6 Å². The van der Waals surface area contributed by atoms with Crippen molar-refractivity contribution in [3.63, 3.8) is 0 Å². The van der Waals surface area contributed by atoms with Crippen molar-refractivity contribution in [3.8, 4) is 0 Å². The summed E-state index contributed by atoms with van der Waals surface area (Å²) in [7, 11) is -3.73. The molecular weight excluding hydrogens is 432 g/mol. The van der Waals surface area contributed by atoms with Gasteiger partial charge in [-0.25, -0.2) is 18.1 Å². The van der Waals surface area contributed by atoms with Gasteiger partial charge in [0, 0.05) is 49.9 Å². The number of nitrogens with zero attached hydrogens (tertiary/aromatic N) is 3. The minimum atomic E-state index is -3.73. The van der Waals surface area contributed by atoms with Crippen LogP contribution in [-0.4, -0.2) is 50.4 Å². The molecule has 0 spiro atoms. The molecule has 2 aromatic carbocycles. The molecule has 1 saturated heterocycles. The lowest BCUT2D eigenvalue weighted by molar-refractivity contribution is 0.0767. The third-order valence-corrected chi connectivity index (χ3v) is 7.40. The summed E-state index contributed by atoms with van der Waals surface area (Å²) in [5.74, 6) is -0.152. The molecule has 9 heteroatoms. The predicted octanol–water partition coefficient (Wildman–Crippen LogP) is 2.97. The molecular formula is C22H24N4O3S2. The number of rotatable bonds is 6. The first kappa shape index (κ1) is 21.5. The van der Waals surface area contributed by atoms with E-state index in [1.165, 1.54) is 12.1 Å². The predicted molar refractivity (Wildman–Crippen MR) is 122 cm³/mol. The van der Waals surface area contributed by atoms with Crippen molar-refractivity contribution < 1.29 is 13.2 Å². The lowest BCUT2D eigenvalue weighted by Crippen LogP contribution is -2.35. The molecule has 0 aliphatic carbocycles. The summed E-state index contributed by atoms with van der Waals surface area (Å²) in [4.78, 5) is 21.5. The second kappa shape index (κ2) is 9.59. The molecule has 31 heavy (non-hydrogen) atoms. The summed E-state index contributed by atoms with van der Waals surface area (Å²) < 4.78 is 28.1. The van der Waals surface area contributed by atoms with Gasteiger partial charge in [-0.05, 0) is 30.2 Å². The molecule has 162 valence electrons. The fraction of sp³-hybridized carbons (Fsp3) is 0.273. The van der Waals surface area contributed by atoms with Crippen molar-refractivity contribution in [2.24, 2.45) is 0 Å². The maximum atomic E-state index is 13.1. The third-order valence-electron chi connectivity index (χ3n) is 5.17. The summed E-state index contributed by atoms with van der Waals surface area (Å²) in [6, 6.07) is 15.6. The summed E-state index contributed by atoms with van der Waals surface area (Å²) in [6.45, 7) is 2.94. The fourth-order valence-electron chi connectivity index (χ4n) is 3.52. The largest absolute Gasteiger partial charge is 0.346 e. The van der Waals surface area contributed by atoms with Crippen LogP contribution in [0.4, 0.5) is 5.13 Å². The first-order valence-electron chi connectivity index (χ1n) is 10.1. The highest BCUT2D eigenvalue weighted by Gasteiger charge is 2.23. The highest BCUT2D eigenvalue weighted by atomic mass is 32.2. The van der Waals surface area contributed by atoms with Crippen molar-refractivity contribution in [1.82, 2.24) is 14.6 Å². The van der Waals surface area contributed by atoms with Crippen LogP contribution >= 0.6 is 11.3 Å². The SMILES string of the molecule is O=C(c1cccc(S(=O)(=O)NCc2ccccc2)c1)N1CCCN(c2nccs2)CC1. The molecule has 0 atom stereocenters. The zero-order chi connectivity index (χ0) is 21.7. The third kappa shape index (κ3) is 5.30. The summed E-state index contributed by atoms with van der Waals surface area (Å²) in [6.07, 6.45) is 2.62. The standard InChI is InChI=1S/C22H24N4O3S2/c27-21(25-11-5-12-26(14-13-25)22-23-10-15-30-22)19-8-4-9-20(16-19)31(28,29)24-17-18-6-2-1-3-7-18/h1-4,6-10,15-16,24H,5,11-14,17H2. The van der Waals surface area contributed by atoms with E-state index in [0.29, 0.717) is 25.2 Å². The van der Waals surface area contributed by atoms with Crippen LogP contribution in [0.25, 0.3) is 0 Å². The Labute approximate surface area is 186 Å². The number of thiazole rings is 1. The van der Waals surface area contributed by atoms with Crippen molar-refractivity contribution in [1.29, 1.82) is 0 Å². The number of hydrogen-bond acceptors (Lipinski definition) is 6. The van der Waals surface area contributed by atoms with E-state index in [-0.39, 0.29) is 17.3 Å². The van der Waals surface area contributed by atoms with E-state index in [1.807, 2.05) is 35.7 Å². The number of sulfonamides is 1. The number of nitrogens with one attached hydrogen (secondary N) is 1. The summed E-state index contributed by atoms with van der Waals surface area (Å²) in [5.41, 5.74) is 1.25. The van der Waals surface area contributed by atoms with Crippen molar-refractivity contribution in [2.45, 2.75) is 17.9 Å². The Morgan fingerprint density at radius 2 is 1.87 bits per heavy atom. The summed E-state index contributed by atoms with van der Waals surface area (Å²) >= 11 is 1.59. The molecule has 0 saturated carbocycles. The van der Waals surface area contributed by atoms with E-state index >= 15 is 0 Å². The monoisotopic (exact) mass is 456 g/mol. The maximum Gasteiger partial charge on any atom is 0.253 e. The van der Waals surface area contributed by atoms with Gasteiger partial charge < -0.3 is 9.80 Å². The van der Waals surface area contributed by atoms with E-state index in [1.54, 1.807) is 34.6 Å². The number of amides is 1.